The van der Waals surface area contributed by atoms with Gasteiger partial charge >= 0.3 is 6.03 Å². The van der Waals surface area contributed by atoms with Gasteiger partial charge in [-0.15, -0.1) is 0 Å². The summed E-state index contributed by atoms with van der Waals surface area (Å²) in [5.41, 5.74) is 2.35. The Labute approximate surface area is 180 Å². The van der Waals surface area contributed by atoms with Gasteiger partial charge < -0.3 is 20.4 Å². The van der Waals surface area contributed by atoms with Gasteiger partial charge in [0.05, 0.1) is 5.69 Å². The molecule has 3 aromatic rings. The second kappa shape index (κ2) is 8.99. The van der Waals surface area contributed by atoms with Gasteiger partial charge in [-0.05, 0) is 38.1 Å². The Morgan fingerprint density at radius 2 is 1.68 bits per heavy atom. The Balaban J connectivity index is 1.39. The summed E-state index contributed by atoms with van der Waals surface area (Å²) in [4.78, 5) is 25.4. The van der Waals surface area contributed by atoms with Gasteiger partial charge in [-0.25, -0.2) is 19.2 Å². The standard InChI is InChI=1S/C23H25FN6O/c1-16-7-9-18(10-8-16)27-21-15-22(26-17(2)25-21)29-11-13-30(14-12-29)23(31)28-20-6-4-3-5-19(20)24/h3-10,15H,11-14H2,1-2H3,(H,28,31)(H,25,26,27). The number of carbonyl (C=O) groups excluding carboxylic acids is 1. The minimum Gasteiger partial charge on any atom is -0.353 e. The van der Waals surface area contributed by atoms with Crippen molar-refractivity contribution in [3.8, 4) is 0 Å². The summed E-state index contributed by atoms with van der Waals surface area (Å²) in [6, 6.07) is 15.9. The van der Waals surface area contributed by atoms with Gasteiger partial charge in [0.15, 0.2) is 0 Å². The number of aryl methyl sites for hydroxylation is 2. The monoisotopic (exact) mass is 420 g/mol. The zero-order chi connectivity index (χ0) is 21.8. The van der Waals surface area contributed by atoms with Crippen LogP contribution < -0.4 is 15.5 Å². The number of aromatic nitrogens is 2. The molecule has 1 aliphatic heterocycles. The number of carbonyl (C=O) groups is 1. The first-order valence-corrected chi connectivity index (χ1v) is 10.2. The molecule has 1 saturated heterocycles. The lowest BCUT2D eigenvalue weighted by Gasteiger charge is -2.35. The molecular formula is C23H25FN6O. The van der Waals surface area contributed by atoms with Crippen molar-refractivity contribution in [3.63, 3.8) is 0 Å². The fourth-order valence-corrected chi connectivity index (χ4v) is 3.46. The van der Waals surface area contributed by atoms with E-state index in [1.165, 1.54) is 11.6 Å². The lowest BCUT2D eigenvalue weighted by atomic mass is 10.2. The number of rotatable bonds is 4. The minimum absolute atomic E-state index is 0.188. The third-order valence-electron chi connectivity index (χ3n) is 5.15. The second-order valence-corrected chi connectivity index (χ2v) is 7.53. The first-order chi connectivity index (χ1) is 15.0. The Hall–Kier alpha value is -3.68. The third-order valence-corrected chi connectivity index (χ3v) is 5.15. The molecule has 0 spiro atoms. The summed E-state index contributed by atoms with van der Waals surface area (Å²) in [5.74, 6) is 1.77. The van der Waals surface area contributed by atoms with E-state index < -0.39 is 5.82 Å². The molecule has 1 aliphatic rings. The summed E-state index contributed by atoms with van der Waals surface area (Å²) >= 11 is 0. The minimum atomic E-state index is -0.445. The van der Waals surface area contributed by atoms with E-state index in [-0.39, 0.29) is 11.7 Å². The van der Waals surface area contributed by atoms with E-state index in [1.807, 2.05) is 44.2 Å². The topological polar surface area (TPSA) is 73.4 Å². The summed E-state index contributed by atoms with van der Waals surface area (Å²) < 4.78 is 13.8. The summed E-state index contributed by atoms with van der Waals surface area (Å²) in [6.45, 7) is 6.21. The molecule has 2 heterocycles. The molecule has 0 aliphatic carbocycles. The number of nitrogens with zero attached hydrogens (tertiary/aromatic N) is 4. The van der Waals surface area contributed by atoms with Crippen molar-refractivity contribution < 1.29 is 9.18 Å². The molecule has 2 N–H and O–H groups in total. The smallest absolute Gasteiger partial charge is 0.322 e. The molecule has 1 aromatic heterocycles. The van der Waals surface area contributed by atoms with Gasteiger partial charge in [-0.2, -0.15) is 0 Å². The summed E-state index contributed by atoms with van der Waals surface area (Å²) in [6.07, 6.45) is 0. The molecule has 160 valence electrons. The number of halogens is 1. The first-order valence-electron chi connectivity index (χ1n) is 10.2. The van der Waals surface area contributed by atoms with Crippen LogP contribution in [0.5, 0.6) is 0 Å². The second-order valence-electron chi connectivity index (χ2n) is 7.53. The predicted molar refractivity (Wildman–Crippen MR) is 120 cm³/mol. The SMILES string of the molecule is Cc1ccc(Nc2cc(N3CCN(C(=O)Nc4ccccc4F)CC3)nc(C)n2)cc1. The normalized spacial score (nSPS) is 13.8. The molecule has 0 saturated carbocycles. The number of benzene rings is 2. The highest BCUT2D eigenvalue weighted by molar-refractivity contribution is 5.89. The van der Waals surface area contributed by atoms with Crippen LogP contribution in [0.1, 0.15) is 11.4 Å². The molecule has 7 nitrogen and oxygen atoms in total. The molecule has 0 unspecified atom stereocenters. The fraction of sp³-hybridized carbons (Fsp3) is 0.261. The van der Waals surface area contributed by atoms with Gasteiger partial charge in [-0.3, -0.25) is 0 Å². The molecule has 0 atom stereocenters. The van der Waals surface area contributed by atoms with Gasteiger partial charge in [0.1, 0.15) is 23.3 Å². The molecular weight excluding hydrogens is 395 g/mol. The molecule has 0 bridgehead atoms. The van der Waals surface area contributed by atoms with Crippen LogP contribution in [0.4, 0.5) is 32.2 Å². The molecule has 1 fully saturated rings. The maximum Gasteiger partial charge on any atom is 0.322 e. The van der Waals surface area contributed by atoms with Crippen LogP contribution in [0.3, 0.4) is 0 Å². The van der Waals surface area contributed by atoms with Crippen molar-refractivity contribution in [2.45, 2.75) is 13.8 Å². The lowest BCUT2D eigenvalue weighted by Crippen LogP contribution is -2.50. The number of nitrogens with one attached hydrogen (secondary N) is 2. The quantitative estimate of drug-likeness (QED) is 0.657. The number of anilines is 4. The highest BCUT2D eigenvalue weighted by Crippen LogP contribution is 2.22. The molecule has 4 rings (SSSR count). The van der Waals surface area contributed by atoms with Crippen LogP contribution in [0, 0.1) is 19.7 Å². The molecule has 0 radical (unpaired) electrons. The Morgan fingerprint density at radius 1 is 0.968 bits per heavy atom. The Kier molecular flexibility index (Phi) is 5.97. The van der Waals surface area contributed by atoms with E-state index in [9.17, 15) is 9.18 Å². The third kappa shape index (κ3) is 5.09. The Morgan fingerprint density at radius 3 is 2.39 bits per heavy atom. The molecule has 2 aromatic carbocycles. The van der Waals surface area contributed by atoms with E-state index in [2.05, 4.69) is 25.5 Å². The zero-order valence-corrected chi connectivity index (χ0v) is 17.6. The van der Waals surface area contributed by atoms with E-state index in [0.717, 1.165) is 17.3 Å². The van der Waals surface area contributed by atoms with E-state index in [4.69, 9.17) is 0 Å². The number of urea groups is 1. The van der Waals surface area contributed by atoms with Crippen LogP contribution in [-0.4, -0.2) is 47.1 Å². The number of hydrogen-bond donors (Lipinski definition) is 2. The fourth-order valence-electron chi connectivity index (χ4n) is 3.46. The lowest BCUT2D eigenvalue weighted by molar-refractivity contribution is 0.208. The van der Waals surface area contributed by atoms with E-state index >= 15 is 0 Å². The van der Waals surface area contributed by atoms with Gasteiger partial charge in [0.25, 0.3) is 0 Å². The maximum atomic E-state index is 13.8. The van der Waals surface area contributed by atoms with Crippen LogP contribution in [0.15, 0.2) is 54.6 Å². The summed E-state index contributed by atoms with van der Waals surface area (Å²) in [5, 5.41) is 5.97. The first kappa shape index (κ1) is 20.6. The van der Waals surface area contributed by atoms with E-state index in [1.54, 1.807) is 23.1 Å². The zero-order valence-electron chi connectivity index (χ0n) is 17.6. The average Bonchev–Trinajstić information content (AvgIpc) is 2.77. The predicted octanol–water partition coefficient (Wildman–Crippen LogP) is 4.33. The highest BCUT2D eigenvalue weighted by Gasteiger charge is 2.23. The summed E-state index contributed by atoms with van der Waals surface area (Å²) in [7, 11) is 0. The van der Waals surface area contributed by atoms with Gasteiger partial charge in [-0.1, -0.05) is 29.8 Å². The number of hydrogen-bond acceptors (Lipinski definition) is 5. The van der Waals surface area contributed by atoms with Crippen molar-refractivity contribution in [1.29, 1.82) is 0 Å². The van der Waals surface area contributed by atoms with E-state index in [0.29, 0.717) is 32.0 Å². The van der Waals surface area contributed by atoms with Crippen molar-refractivity contribution >= 4 is 29.0 Å². The molecule has 31 heavy (non-hydrogen) atoms. The Bertz CT molecular complexity index is 1060. The van der Waals surface area contributed by atoms with Crippen LogP contribution in [0.2, 0.25) is 0 Å². The van der Waals surface area contributed by atoms with Crippen LogP contribution in [0.25, 0.3) is 0 Å². The molecule has 2 amide bonds. The number of para-hydroxylation sites is 1. The maximum absolute atomic E-state index is 13.8. The van der Waals surface area contributed by atoms with Crippen molar-refractivity contribution in [3.05, 3.63) is 71.8 Å². The van der Waals surface area contributed by atoms with Crippen molar-refractivity contribution in [2.75, 3.05) is 41.7 Å². The average molecular weight is 420 g/mol. The highest BCUT2D eigenvalue weighted by atomic mass is 19.1. The van der Waals surface area contributed by atoms with Crippen LogP contribution >= 0.6 is 0 Å². The number of amides is 2. The van der Waals surface area contributed by atoms with Gasteiger partial charge in [0, 0.05) is 37.9 Å². The van der Waals surface area contributed by atoms with Crippen LogP contribution in [-0.2, 0) is 0 Å². The van der Waals surface area contributed by atoms with Crippen molar-refractivity contribution in [2.24, 2.45) is 0 Å². The number of piperazine rings is 1. The van der Waals surface area contributed by atoms with Crippen molar-refractivity contribution in [1.82, 2.24) is 14.9 Å². The molecule has 8 heteroatoms. The largest absolute Gasteiger partial charge is 0.353 e. The van der Waals surface area contributed by atoms with Gasteiger partial charge in [0.2, 0.25) is 0 Å².